The Hall–Kier alpha value is -0.800. The second-order valence-electron chi connectivity index (χ2n) is 4.72. The second kappa shape index (κ2) is 7.46. The lowest BCUT2D eigenvalue weighted by atomic mass is 9.98. The highest BCUT2D eigenvalue weighted by molar-refractivity contribution is 6.35. The third-order valence-corrected chi connectivity index (χ3v) is 3.94. The van der Waals surface area contributed by atoms with Crippen molar-refractivity contribution in [3.8, 4) is 0 Å². The predicted molar refractivity (Wildman–Crippen MR) is 88.0 cm³/mol. The van der Waals surface area contributed by atoms with Crippen LogP contribution >= 0.6 is 34.8 Å². The standard InChI is InChI=1S/C16H15Cl3FN/c1-2-7-21-16(12-5-3-10(17)8-14(12)19)13-6-4-11(18)9-15(13)20/h3-6,8-9,16,21H,2,7H2,1H3. The van der Waals surface area contributed by atoms with Crippen LogP contribution in [0.1, 0.15) is 30.5 Å². The van der Waals surface area contributed by atoms with Crippen molar-refractivity contribution in [3.63, 3.8) is 0 Å². The van der Waals surface area contributed by atoms with E-state index in [0.717, 1.165) is 18.5 Å². The first-order chi connectivity index (χ1) is 10.0. The molecule has 2 aromatic rings. The van der Waals surface area contributed by atoms with Crippen molar-refractivity contribution < 1.29 is 4.39 Å². The molecule has 0 aliphatic rings. The molecule has 0 heterocycles. The van der Waals surface area contributed by atoms with Gasteiger partial charge in [0, 0.05) is 20.6 Å². The van der Waals surface area contributed by atoms with E-state index < -0.39 is 0 Å². The van der Waals surface area contributed by atoms with E-state index in [0.29, 0.717) is 20.6 Å². The van der Waals surface area contributed by atoms with Gasteiger partial charge in [-0.3, -0.25) is 0 Å². The molecular formula is C16H15Cl3FN. The fourth-order valence-electron chi connectivity index (χ4n) is 2.15. The van der Waals surface area contributed by atoms with E-state index in [9.17, 15) is 4.39 Å². The molecule has 2 rings (SSSR count). The van der Waals surface area contributed by atoms with E-state index in [-0.39, 0.29) is 11.9 Å². The molecule has 0 saturated heterocycles. The molecule has 0 fully saturated rings. The third-order valence-electron chi connectivity index (χ3n) is 3.15. The first-order valence-electron chi connectivity index (χ1n) is 6.66. The molecule has 0 radical (unpaired) electrons. The minimum absolute atomic E-state index is 0.341. The number of hydrogen-bond acceptors (Lipinski definition) is 1. The zero-order chi connectivity index (χ0) is 15.4. The fourth-order valence-corrected chi connectivity index (χ4v) is 2.82. The van der Waals surface area contributed by atoms with Crippen LogP contribution in [0.3, 0.4) is 0 Å². The van der Waals surface area contributed by atoms with Gasteiger partial charge in [-0.2, -0.15) is 0 Å². The van der Waals surface area contributed by atoms with Gasteiger partial charge in [-0.1, -0.05) is 53.9 Å². The molecule has 0 bridgehead atoms. The van der Waals surface area contributed by atoms with Gasteiger partial charge in [0.25, 0.3) is 0 Å². The Labute approximate surface area is 139 Å². The average Bonchev–Trinajstić information content (AvgIpc) is 2.42. The number of rotatable bonds is 5. The van der Waals surface area contributed by atoms with Crippen LogP contribution in [0, 0.1) is 5.82 Å². The van der Waals surface area contributed by atoms with E-state index in [2.05, 4.69) is 5.32 Å². The summed E-state index contributed by atoms with van der Waals surface area (Å²) in [5, 5.41) is 4.74. The summed E-state index contributed by atoms with van der Waals surface area (Å²) in [4.78, 5) is 0. The monoisotopic (exact) mass is 345 g/mol. The van der Waals surface area contributed by atoms with Gasteiger partial charge in [-0.25, -0.2) is 4.39 Å². The third kappa shape index (κ3) is 4.10. The lowest BCUT2D eigenvalue weighted by Crippen LogP contribution is -2.24. The van der Waals surface area contributed by atoms with Crippen LogP contribution in [-0.2, 0) is 0 Å². The SMILES string of the molecule is CCCNC(c1ccc(Cl)cc1F)c1ccc(Cl)cc1Cl. The predicted octanol–water partition coefficient (Wildman–Crippen LogP) is 5.87. The molecule has 0 saturated carbocycles. The van der Waals surface area contributed by atoms with Gasteiger partial charge in [0.05, 0.1) is 6.04 Å². The Morgan fingerprint density at radius 1 is 1.00 bits per heavy atom. The van der Waals surface area contributed by atoms with E-state index in [1.54, 1.807) is 24.3 Å². The zero-order valence-corrected chi connectivity index (χ0v) is 13.7. The van der Waals surface area contributed by atoms with Crippen molar-refractivity contribution in [1.82, 2.24) is 5.32 Å². The highest BCUT2D eigenvalue weighted by Gasteiger charge is 2.20. The Morgan fingerprint density at radius 3 is 2.19 bits per heavy atom. The van der Waals surface area contributed by atoms with Crippen molar-refractivity contribution in [2.75, 3.05) is 6.54 Å². The normalized spacial score (nSPS) is 12.4. The largest absolute Gasteiger partial charge is 0.306 e. The number of benzene rings is 2. The maximum atomic E-state index is 14.2. The van der Waals surface area contributed by atoms with Crippen molar-refractivity contribution in [3.05, 3.63) is 68.4 Å². The Kier molecular flexibility index (Phi) is 5.88. The Morgan fingerprint density at radius 2 is 1.62 bits per heavy atom. The van der Waals surface area contributed by atoms with Crippen LogP contribution in [0.5, 0.6) is 0 Å². The maximum absolute atomic E-state index is 14.2. The van der Waals surface area contributed by atoms with Gasteiger partial charge in [0.1, 0.15) is 5.82 Å². The molecule has 112 valence electrons. The van der Waals surface area contributed by atoms with Crippen LogP contribution in [-0.4, -0.2) is 6.54 Å². The molecular weight excluding hydrogens is 332 g/mol. The van der Waals surface area contributed by atoms with Crippen molar-refractivity contribution >= 4 is 34.8 Å². The molecule has 0 amide bonds. The molecule has 0 aliphatic carbocycles. The Bertz CT molecular complexity index is 579. The first-order valence-corrected chi connectivity index (χ1v) is 7.79. The lowest BCUT2D eigenvalue weighted by Gasteiger charge is -2.21. The summed E-state index contributed by atoms with van der Waals surface area (Å²) in [5.74, 6) is -0.359. The summed E-state index contributed by atoms with van der Waals surface area (Å²) in [6.45, 7) is 2.79. The van der Waals surface area contributed by atoms with Crippen molar-refractivity contribution in [2.45, 2.75) is 19.4 Å². The molecule has 0 aliphatic heterocycles. The molecule has 1 nitrogen and oxygen atoms in total. The second-order valence-corrected chi connectivity index (χ2v) is 6.00. The Balaban J connectivity index is 2.46. The van der Waals surface area contributed by atoms with Gasteiger partial charge in [0.15, 0.2) is 0 Å². The average molecular weight is 347 g/mol. The minimum Gasteiger partial charge on any atom is -0.306 e. The molecule has 21 heavy (non-hydrogen) atoms. The molecule has 2 aromatic carbocycles. The number of hydrogen-bond donors (Lipinski definition) is 1. The molecule has 0 spiro atoms. The smallest absolute Gasteiger partial charge is 0.129 e. The zero-order valence-electron chi connectivity index (χ0n) is 11.5. The molecule has 0 aromatic heterocycles. The van der Waals surface area contributed by atoms with Gasteiger partial charge in [0.2, 0.25) is 0 Å². The summed E-state index contributed by atoms with van der Waals surface area (Å²) >= 11 is 18.0. The summed E-state index contributed by atoms with van der Waals surface area (Å²) in [6, 6.07) is 9.53. The number of halogens is 4. The van der Waals surface area contributed by atoms with E-state index in [4.69, 9.17) is 34.8 Å². The van der Waals surface area contributed by atoms with Crippen LogP contribution in [0.25, 0.3) is 0 Å². The summed E-state index contributed by atoms with van der Waals surface area (Å²) in [7, 11) is 0. The summed E-state index contributed by atoms with van der Waals surface area (Å²) in [5.41, 5.74) is 1.30. The van der Waals surface area contributed by atoms with Gasteiger partial charge < -0.3 is 5.32 Å². The van der Waals surface area contributed by atoms with Crippen LogP contribution < -0.4 is 5.32 Å². The fraction of sp³-hybridized carbons (Fsp3) is 0.250. The summed E-state index contributed by atoms with van der Waals surface area (Å²) < 4.78 is 14.2. The van der Waals surface area contributed by atoms with Crippen molar-refractivity contribution in [2.24, 2.45) is 0 Å². The summed E-state index contributed by atoms with van der Waals surface area (Å²) in [6.07, 6.45) is 0.927. The van der Waals surface area contributed by atoms with Crippen LogP contribution in [0.15, 0.2) is 36.4 Å². The molecule has 1 atom stereocenters. The van der Waals surface area contributed by atoms with Gasteiger partial charge in [-0.05, 0) is 42.8 Å². The molecule has 1 unspecified atom stereocenters. The van der Waals surface area contributed by atoms with Crippen molar-refractivity contribution in [1.29, 1.82) is 0 Å². The first kappa shape index (κ1) is 16.6. The minimum atomic E-state index is -0.359. The lowest BCUT2D eigenvalue weighted by molar-refractivity contribution is 0.547. The maximum Gasteiger partial charge on any atom is 0.129 e. The quantitative estimate of drug-likeness (QED) is 0.713. The van der Waals surface area contributed by atoms with E-state index >= 15 is 0 Å². The number of nitrogens with one attached hydrogen (secondary N) is 1. The molecule has 5 heteroatoms. The topological polar surface area (TPSA) is 12.0 Å². The highest BCUT2D eigenvalue weighted by atomic mass is 35.5. The molecule has 1 N–H and O–H groups in total. The van der Waals surface area contributed by atoms with E-state index in [1.165, 1.54) is 6.07 Å². The van der Waals surface area contributed by atoms with Crippen LogP contribution in [0.2, 0.25) is 15.1 Å². The van der Waals surface area contributed by atoms with Crippen LogP contribution in [0.4, 0.5) is 4.39 Å². The highest BCUT2D eigenvalue weighted by Crippen LogP contribution is 2.32. The van der Waals surface area contributed by atoms with Gasteiger partial charge >= 0.3 is 0 Å². The van der Waals surface area contributed by atoms with Gasteiger partial charge in [-0.15, -0.1) is 0 Å². The van der Waals surface area contributed by atoms with E-state index in [1.807, 2.05) is 13.0 Å².